The lowest BCUT2D eigenvalue weighted by Gasteiger charge is -2.34. The molecule has 0 saturated heterocycles. The van der Waals surface area contributed by atoms with Crippen LogP contribution in [0.25, 0.3) is 11.0 Å². The number of aromatic nitrogens is 2. The number of fused-ring (bicyclic) bond motifs is 3. The number of ether oxygens (including phenoxy) is 2. The number of amides is 1. The fourth-order valence-corrected chi connectivity index (χ4v) is 4.65. The van der Waals surface area contributed by atoms with Gasteiger partial charge in [-0.15, -0.1) is 0 Å². The first-order chi connectivity index (χ1) is 15.8. The zero-order valence-electron chi connectivity index (χ0n) is 18.6. The predicted molar refractivity (Wildman–Crippen MR) is 125 cm³/mol. The lowest BCUT2D eigenvalue weighted by atomic mass is 9.75. The molecule has 1 fully saturated rings. The second kappa shape index (κ2) is 8.41. The minimum Gasteiger partial charge on any atom is -0.485 e. The van der Waals surface area contributed by atoms with Gasteiger partial charge in [-0.1, -0.05) is 31.5 Å². The Morgan fingerprint density at radius 1 is 1.21 bits per heavy atom. The average Bonchev–Trinajstić information content (AvgIpc) is 3.20. The minimum atomic E-state index is -0.500. The van der Waals surface area contributed by atoms with Crippen LogP contribution in [-0.2, 0) is 0 Å². The van der Waals surface area contributed by atoms with Crippen LogP contribution in [0.15, 0.2) is 24.3 Å². The Morgan fingerprint density at radius 3 is 2.67 bits per heavy atom. The van der Waals surface area contributed by atoms with Crippen LogP contribution in [-0.4, -0.2) is 35.1 Å². The van der Waals surface area contributed by atoms with Crippen molar-refractivity contribution in [3.05, 3.63) is 40.7 Å². The van der Waals surface area contributed by atoms with Crippen molar-refractivity contribution in [1.29, 1.82) is 0 Å². The van der Waals surface area contributed by atoms with E-state index < -0.39 is 5.82 Å². The number of hydrogen-bond donors (Lipinski definition) is 3. The molecular formula is C24H26ClFN4O3. The summed E-state index contributed by atoms with van der Waals surface area (Å²) in [5.74, 6) is 0.383. The zero-order chi connectivity index (χ0) is 23.2. The molecule has 1 aliphatic heterocycles. The molecular weight excluding hydrogens is 447 g/mol. The van der Waals surface area contributed by atoms with Crippen LogP contribution in [0.2, 0.25) is 5.02 Å². The number of aromatic amines is 1. The van der Waals surface area contributed by atoms with E-state index in [1.807, 2.05) is 0 Å². The van der Waals surface area contributed by atoms with Crippen molar-refractivity contribution >= 4 is 40.2 Å². The number of nitrogens with zero attached hydrogens (tertiary/aromatic N) is 1. The van der Waals surface area contributed by atoms with Crippen molar-refractivity contribution in [3.63, 3.8) is 0 Å². The van der Waals surface area contributed by atoms with Crippen LogP contribution in [0, 0.1) is 11.2 Å². The highest BCUT2D eigenvalue weighted by Gasteiger charge is 2.30. The van der Waals surface area contributed by atoms with Crippen molar-refractivity contribution in [2.24, 2.45) is 5.41 Å². The molecule has 33 heavy (non-hydrogen) atoms. The fraction of sp³-hybridized carbons (Fsp3) is 0.417. The fourth-order valence-electron chi connectivity index (χ4n) is 4.44. The van der Waals surface area contributed by atoms with Crippen molar-refractivity contribution in [2.45, 2.75) is 45.6 Å². The molecule has 1 aliphatic carbocycles. The van der Waals surface area contributed by atoms with Gasteiger partial charge in [0.15, 0.2) is 11.5 Å². The van der Waals surface area contributed by atoms with Gasteiger partial charge < -0.3 is 25.1 Å². The molecule has 3 aromatic rings. The van der Waals surface area contributed by atoms with E-state index >= 15 is 0 Å². The van der Waals surface area contributed by atoms with E-state index in [1.165, 1.54) is 12.1 Å². The van der Waals surface area contributed by atoms with E-state index in [0.29, 0.717) is 46.7 Å². The maximum atomic E-state index is 14.2. The molecule has 1 saturated carbocycles. The van der Waals surface area contributed by atoms with Gasteiger partial charge in [0.1, 0.15) is 24.5 Å². The van der Waals surface area contributed by atoms with Crippen molar-refractivity contribution < 1.29 is 18.7 Å². The molecule has 7 nitrogen and oxygen atoms in total. The third-order valence-corrected chi connectivity index (χ3v) is 6.71. The van der Waals surface area contributed by atoms with Crippen LogP contribution < -0.4 is 20.1 Å². The van der Waals surface area contributed by atoms with E-state index in [1.54, 1.807) is 12.1 Å². The number of imidazole rings is 1. The summed E-state index contributed by atoms with van der Waals surface area (Å²) in [4.78, 5) is 20.8. The highest BCUT2D eigenvalue weighted by Crippen LogP contribution is 2.41. The summed E-state index contributed by atoms with van der Waals surface area (Å²) in [5, 5.41) is 6.27. The average molecular weight is 473 g/mol. The summed E-state index contributed by atoms with van der Waals surface area (Å²) in [6, 6.07) is 6.23. The number of hydrogen-bond acceptors (Lipinski definition) is 5. The van der Waals surface area contributed by atoms with Crippen LogP contribution >= 0.6 is 11.6 Å². The molecule has 3 N–H and O–H groups in total. The van der Waals surface area contributed by atoms with Crippen LogP contribution in [0.1, 0.15) is 49.9 Å². The van der Waals surface area contributed by atoms with E-state index in [4.69, 9.17) is 21.1 Å². The van der Waals surface area contributed by atoms with Gasteiger partial charge in [0.05, 0.1) is 21.8 Å². The topological polar surface area (TPSA) is 88.3 Å². The van der Waals surface area contributed by atoms with E-state index in [9.17, 15) is 9.18 Å². The van der Waals surface area contributed by atoms with Crippen molar-refractivity contribution in [1.82, 2.24) is 15.3 Å². The van der Waals surface area contributed by atoms with Gasteiger partial charge in [-0.3, -0.25) is 4.79 Å². The molecule has 0 atom stereocenters. The Morgan fingerprint density at radius 2 is 1.94 bits per heavy atom. The number of para-hydroxylation sites is 1. The van der Waals surface area contributed by atoms with Crippen LogP contribution in [0.4, 0.5) is 16.0 Å². The van der Waals surface area contributed by atoms with Gasteiger partial charge in [0.2, 0.25) is 5.95 Å². The summed E-state index contributed by atoms with van der Waals surface area (Å²) in [7, 11) is 0. The maximum Gasteiger partial charge on any atom is 0.255 e. The standard InChI is InChI=1S/C24H26ClFN4O3/c1-24(2)8-6-13(7-9-24)27-22(31)14-12-17-19(21-20(14)32-10-11-33-21)30-23(28-17)29-18-15(25)4-3-5-16(18)26/h3-5,12-13H,6-11H2,1-2H3,(H,27,31)(H2,28,29,30). The Bertz CT molecular complexity index is 1200. The third kappa shape index (κ3) is 4.31. The van der Waals surface area contributed by atoms with E-state index in [0.717, 1.165) is 25.7 Å². The van der Waals surface area contributed by atoms with Gasteiger partial charge in [0.25, 0.3) is 5.91 Å². The van der Waals surface area contributed by atoms with Gasteiger partial charge >= 0.3 is 0 Å². The Kier molecular flexibility index (Phi) is 5.56. The van der Waals surface area contributed by atoms with Gasteiger partial charge in [0, 0.05) is 6.04 Å². The number of halogens is 2. The molecule has 0 bridgehead atoms. The van der Waals surface area contributed by atoms with Crippen molar-refractivity contribution in [2.75, 3.05) is 18.5 Å². The highest BCUT2D eigenvalue weighted by atomic mass is 35.5. The normalized spacial score (nSPS) is 17.7. The number of H-pyrrole nitrogens is 1. The zero-order valence-corrected chi connectivity index (χ0v) is 19.3. The monoisotopic (exact) mass is 472 g/mol. The smallest absolute Gasteiger partial charge is 0.255 e. The minimum absolute atomic E-state index is 0.113. The van der Waals surface area contributed by atoms with Crippen LogP contribution in [0.3, 0.4) is 0 Å². The van der Waals surface area contributed by atoms with Crippen molar-refractivity contribution in [3.8, 4) is 11.5 Å². The number of rotatable bonds is 4. The lowest BCUT2D eigenvalue weighted by molar-refractivity contribution is 0.0899. The van der Waals surface area contributed by atoms with E-state index in [2.05, 4.69) is 34.4 Å². The molecule has 1 amide bonds. The van der Waals surface area contributed by atoms with E-state index in [-0.39, 0.29) is 28.6 Å². The summed E-state index contributed by atoms with van der Waals surface area (Å²) in [6.45, 7) is 5.22. The molecule has 0 unspecified atom stereocenters. The number of carbonyl (C=O) groups excluding carboxylic acids is 1. The predicted octanol–water partition coefficient (Wildman–Crippen LogP) is 5.57. The number of carbonyl (C=O) groups is 1. The van der Waals surface area contributed by atoms with Gasteiger partial charge in [-0.2, -0.15) is 0 Å². The summed E-state index contributed by atoms with van der Waals surface area (Å²) >= 11 is 6.13. The third-order valence-electron chi connectivity index (χ3n) is 6.39. The molecule has 0 radical (unpaired) electrons. The first kappa shape index (κ1) is 21.8. The Hall–Kier alpha value is -3.00. The van der Waals surface area contributed by atoms with Crippen LogP contribution in [0.5, 0.6) is 11.5 Å². The molecule has 2 aromatic carbocycles. The molecule has 0 spiro atoms. The second-order valence-corrected chi connectivity index (χ2v) is 9.80. The number of benzene rings is 2. The Labute approximate surface area is 196 Å². The summed E-state index contributed by atoms with van der Waals surface area (Å²) in [6.07, 6.45) is 4.03. The number of nitrogens with one attached hydrogen (secondary N) is 3. The first-order valence-electron chi connectivity index (χ1n) is 11.1. The molecule has 2 heterocycles. The summed E-state index contributed by atoms with van der Waals surface area (Å²) < 4.78 is 25.9. The molecule has 5 rings (SSSR count). The summed E-state index contributed by atoms with van der Waals surface area (Å²) in [5.41, 5.74) is 1.88. The first-order valence-corrected chi connectivity index (χ1v) is 11.5. The van der Waals surface area contributed by atoms with Gasteiger partial charge in [-0.25, -0.2) is 9.37 Å². The lowest BCUT2D eigenvalue weighted by Crippen LogP contribution is -2.39. The SMILES string of the molecule is CC1(C)CCC(NC(=O)c2cc3nc(Nc4c(F)cccc4Cl)[nH]c3c3c2OCCO3)CC1. The second-order valence-electron chi connectivity index (χ2n) is 9.39. The largest absolute Gasteiger partial charge is 0.485 e. The molecule has 9 heteroatoms. The quantitative estimate of drug-likeness (QED) is 0.462. The Balaban J connectivity index is 1.46. The maximum absolute atomic E-state index is 14.2. The molecule has 174 valence electrons. The molecule has 2 aliphatic rings. The number of anilines is 2. The van der Waals surface area contributed by atoms with Gasteiger partial charge in [-0.05, 0) is 49.3 Å². The molecule has 1 aromatic heterocycles. The highest BCUT2D eigenvalue weighted by molar-refractivity contribution is 6.33.